The van der Waals surface area contributed by atoms with E-state index < -0.39 is 0 Å². The highest BCUT2D eigenvalue weighted by Crippen LogP contribution is 2.53. The maximum atomic E-state index is 12.5. The summed E-state index contributed by atoms with van der Waals surface area (Å²) < 4.78 is 5.27. The van der Waals surface area contributed by atoms with Gasteiger partial charge >= 0.3 is 5.97 Å². The van der Waals surface area contributed by atoms with Gasteiger partial charge in [-0.05, 0) is 73.4 Å². The molecule has 0 unspecified atom stereocenters. The molecule has 1 heterocycles. The summed E-state index contributed by atoms with van der Waals surface area (Å²) in [6.07, 6.45) is 1.88. The quantitative estimate of drug-likeness (QED) is 0.246. The van der Waals surface area contributed by atoms with Gasteiger partial charge in [0.15, 0.2) is 0 Å². The fraction of sp³-hybridized carbons (Fsp3) is 0.367. The first-order chi connectivity index (χ1) is 17.5. The van der Waals surface area contributed by atoms with Crippen LogP contribution in [0.2, 0.25) is 0 Å². The highest BCUT2D eigenvalue weighted by atomic mass is 16.6. The zero-order valence-corrected chi connectivity index (χ0v) is 20.7. The van der Waals surface area contributed by atoms with E-state index in [2.05, 4.69) is 36.5 Å². The minimum Gasteiger partial charge on any atom is -0.462 e. The van der Waals surface area contributed by atoms with Crippen LogP contribution in [0, 0.1) is 28.9 Å². The minimum absolute atomic E-state index is 0.0799. The molecule has 1 aliphatic carbocycles. The summed E-state index contributed by atoms with van der Waals surface area (Å²) in [7, 11) is 0. The molecule has 6 nitrogen and oxygen atoms in total. The minimum atomic E-state index is -0.315. The maximum absolute atomic E-state index is 12.5. The molecule has 0 amide bonds. The summed E-state index contributed by atoms with van der Waals surface area (Å²) in [6.45, 7) is 4.14. The Bertz CT molecular complexity index is 1240. The predicted octanol–water partition coefficient (Wildman–Crippen LogP) is 6.18. The number of carbonyl (C=O) groups is 1. The Kier molecular flexibility index (Phi) is 6.77. The van der Waals surface area contributed by atoms with E-state index in [-0.39, 0.29) is 47.2 Å². The third-order valence-corrected chi connectivity index (χ3v) is 7.93. The maximum Gasteiger partial charge on any atom is 0.338 e. The van der Waals surface area contributed by atoms with E-state index in [1.54, 1.807) is 0 Å². The van der Waals surface area contributed by atoms with E-state index in [0.717, 1.165) is 29.7 Å². The summed E-state index contributed by atoms with van der Waals surface area (Å²) in [6, 6.07) is 24.4. The molecule has 1 aliphatic heterocycles. The van der Waals surface area contributed by atoms with E-state index in [1.807, 2.05) is 55.5 Å². The van der Waals surface area contributed by atoms with Crippen molar-refractivity contribution in [3.8, 4) is 0 Å². The van der Waals surface area contributed by atoms with Crippen molar-refractivity contribution >= 4 is 11.7 Å². The van der Waals surface area contributed by atoms with E-state index in [1.165, 1.54) is 11.1 Å². The number of anilines is 1. The molecule has 1 saturated carbocycles. The molecule has 186 valence electrons. The van der Waals surface area contributed by atoms with E-state index >= 15 is 0 Å². The van der Waals surface area contributed by atoms with Crippen molar-refractivity contribution in [1.29, 1.82) is 0 Å². The van der Waals surface area contributed by atoms with Crippen molar-refractivity contribution in [2.24, 2.45) is 11.8 Å². The van der Waals surface area contributed by atoms with Crippen LogP contribution in [-0.4, -0.2) is 30.1 Å². The standard InChI is InChI=1S/C30H32N2O4/c1-3-36-30(33)22-13-16-27-25(17-22)28(21-11-9-19(2)10-12-21)24-15-14-23(29(24)31-27)26(18-32(34)35)20-7-5-4-6-8-20/h4-13,16-17,23-24,26,28-29,31H,3,14-15,18H2,1-2H3/t23-,24+,26-,28+,29-/m1/s1. The number of rotatable bonds is 7. The molecule has 1 fully saturated rings. The highest BCUT2D eigenvalue weighted by Gasteiger charge is 2.49. The van der Waals surface area contributed by atoms with E-state index in [9.17, 15) is 14.9 Å². The topological polar surface area (TPSA) is 81.5 Å². The summed E-state index contributed by atoms with van der Waals surface area (Å²) in [5.74, 6) is 0.0136. The zero-order chi connectivity index (χ0) is 25.2. The number of ether oxygens (including phenoxy) is 1. The van der Waals surface area contributed by atoms with Gasteiger partial charge in [-0.25, -0.2) is 4.79 Å². The number of carbonyl (C=O) groups excluding carboxylic acids is 1. The van der Waals surface area contributed by atoms with Gasteiger partial charge in [0.05, 0.1) is 18.1 Å². The molecule has 0 bridgehead atoms. The number of fused-ring (bicyclic) bond motifs is 2. The van der Waals surface area contributed by atoms with Crippen molar-refractivity contribution < 1.29 is 14.5 Å². The Hall–Kier alpha value is -3.67. The second kappa shape index (κ2) is 10.1. The van der Waals surface area contributed by atoms with Gasteiger partial charge in [0.1, 0.15) is 0 Å². The van der Waals surface area contributed by atoms with Gasteiger partial charge in [-0.1, -0.05) is 60.2 Å². The molecule has 5 atom stereocenters. The molecule has 3 aromatic carbocycles. The summed E-state index contributed by atoms with van der Waals surface area (Å²) >= 11 is 0. The van der Waals surface area contributed by atoms with Crippen LogP contribution in [0.5, 0.6) is 0 Å². The molecule has 0 saturated heterocycles. The highest BCUT2D eigenvalue weighted by molar-refractivity contribution is 5.90. The van der Waals surface area contributed by atoms with Crippen molar-refractivity contribution in [2.75, 3.05) is 18.5 Å². The number of aryl methyl sites for hydroxylation is 1. The zero-order valence-electron chi connectivity index (χ0n) is 20.7. The van der Waals surface area contributed by atoms with Crippen molar-refractivity contribution in [1.82, 2.24) is 0 Å². The van der Waals surface area contributed by atoms with Crippen LogP contribution in [0.25, 0.3) is 0 Å². The van der Waals surface area contributed by atoms with Gasteiger partial charge in [0.25, 0.3) is 0 Å². The molecule has 5 rings (SSSR count). The van der Waals surface area contributed by atoms with Crippen LogP contribution in [0.4, 0.5) is 5.69 Å². The molecule has 3 aromatic rings. The number of hydrogen-bond donors (Lipinski definition) is 1. The third-order valence-electron chi connectivity index (χ3n) is 7.93. The number of nitro groups is 1. The summed E-state index contributed by atoms with van der Waals surface area (Å²) in [5, 5.41) is 15.5. The van der Waals surface area contributed by atoms with Crippen molar-refractivity contribution in [3.63, 3.8) is 0 Å². The van der Waals surface area contributed by atoms with Gasteiger partial charge in [-0.2, -0.15) is 0 Å². The number of hydrogen-bond acceptors (Lipinski definition) is 5. The van der Waals surface area contributed by atoms with Crippen LogP contribution in [0.3, 0.4) is 0 Å². The van der Waals surface area contributed by atoms with E-state index in [4.69, 9.17) is 4.74 Å². The molecule has 0 aromatic heterocycles. The van der Waals surface area contributed by atoms with Crippen LogP contribution in [0.15, 0.2) is 72.8 Å². The normalized spacial score (nSPS) is 23.2. The van der Waals surface area contributed by atoms with Gasteiger partial charge in [-0.15, -0.1) is 0 Å². The second-order valence-electron chi connectivity index (χ2n) is 10.0. The van der Waals surface area contributed by atoms with Gasteiger partial charge in [0, 0.05) is 22.6 Å². The van der Waals surface area contributed by atoms with Gasteiger partial charge < -0.3 is 10.1 Å². The Morgan fingerprint density at radius 3 is 2.53 bits per heavy atom. The lowest BCUT2D eigenvalue weighted by Crippen LogP contribution is -2.41. The average molecular weight is 485 g/mol. The number of nitrogens with zero attached hydrogens (tertiary/aromatic N) is 1. The fourth-order valence-electron chi connectivity index (χ4n) is 6.35. The molecule has 1 N–H and O–H groups in total. The summed E-state index contributed by atoms with van der Waals surface area (Å²) in [5.41, 5.74) is 6.08. The first-order valence-corrected chi connectivity index (χ1v) is 12.8. The first kappa shape index (κ1) is 24.0. The molecular formula is C30H32N2O4. The lowest BCUT2D eigenvalue weighted by molar-refractivity contribution is -0.485. The van der Waals surface area contributed by atoms with Crippen molar-refractivity contribution in [2.45, 2.75) is 44.6 Å². The molecule has 0 spiro atoms. The number of nitrogens with one attached hydrogen (secondary N) is 1. The van der Waals surface area contributed by atoms with Crippen LogP contribution in [0.1, 0.15) is 64.2 Å². The first-order valence-electron chi connectivity index (χ1n) is 12.8. The molecule has 2 aliphatic rings. The molecule has 6 heteroatoms. The van der Waals surface area contributed by atoms with Gasteiger partial charge in [0.2, 0.25) is 6.54 Å². The van der Waals surface area contributed by atoms with Crippen LogP contribution in [-0.2, 0) is 4.74 Å². The Morgan fingerprint density at radius 1 is 1.08 bits per heavy atom. The lowest BCUT2D eigenvalue weighted by atomic mass is 9.71. The number of benzene rings is 3. The smallest absolute Gasteiger partial charge is 0.338 e. The van der Waals surface area contributed by atoms with Crippen molar-refractivity contribution in [3.05, 3.63) is 111 Å². The monoisotopic (exact) mass is 484 g/mol. The Morgan fingerprint density at radius 2 is 1.83 bits per heavy atom. The Labute approximate surface area is 211 Å². The van der Waals surface area contributed by atoms with Crippen LogP contribution < -0.4 is 5.32 Å². The number of esters is 1. The van der Waals surface area contributed by atoms with Crippen LogP contribution >= 0.6 is 0 Å². The Balaban J connectivity index is 1.57. The average Bonchev–Trinajstić information content (AvgIpc) is 3.30. The largest absolute Gasteiger partial charge is 0.462 e. The fourth-order valence-corrected chi connectivity index (χ4v) is 6.35. The lowest BCUT2D eigenvalue weighted by Gasteiger charge is -2.41. The summed E-state index contributed by atoms with van der Waals surface area (Å²) in [4.78, 5) is 24.1. The predicted molar refractivity (Wildman–Crippen MR) is 140 cm³/mol. The second-order valence-corrected chi connectivity index (χ2v) is 10.0. The molecular weight excluding hydrogens is 452 g/mol. The third kappa shape index (κ3) is 4.60. The SMILES string of the molecule is CCOC(=O)c1ccc2c(c1)[C@@H](c1ccc(C)cc1)[C@@H]1CC[C@H]([C@H](C[N+](=O)[O-])c3ccccc3)[C@H]1N2. The molecule has 0 radical (unpaired) electrons. The van der Waals surface area contributed by atoms with Gasteiger partial charge in [-0.3, -0.25) is 10.1 Å². The van der Waals surface area contributed by atoms with E-state index in [0.29, 0.717) is 12.2 Å². The molecule has 36 heavy (non-hydrogen) atoms.